The molecule has 0 N–H and O–H groups in total. The third-order valence-corrected chi connectivity index (χ3v) is 2.35. The second kappa shape index (κ2) is 2.98. The fraction of sp³-hybridized carbons (Fsp3) is 0.800. The Morgan fingerprint density at radius 2 is 2.09 bits per heavy atom. The third-order valence-electron chi connectivity index (χ3n) is 2.35. The summed E-state index contributed by atoms with van der Waals surface area (Å²) in [6.07, 6.45) is 4.61. The lowest BCUT2D eigenvalue weighted by Gasteiger charge is -2.33. The molecule has 0 aromatic rings. The molecule has 0 aliphatic carbocycles. The van der Waals surface area contributed by atoms with Gasteiger partial charge in [0.1, 0.15) is 0 Å². The van der Waals surface area contributed by atoms with Crippen molar-refractivity contribution in [2.45, 2.75) is 33.7 Å². The van der Waals surface area contributed by atoms with Gasteiger partial charge in [0, 0.05) is 12.6 Å². The van der Waals surface area contributed by atoms with Gasteiger partial charge in [-0.2, -0.15) is 0 Å². The summed E-state index contributed by atoms with van der Waals surface area (Å²) in [5.74, 6) is 0. The Balaban J connectivity index is 2.63. The average Bonchev–Trinajstić information content (AvgIpc) is 2.31. The molecule has 0 fully saturated rings. The van der Waals surface area contributed by atoms with E-state index in [0.29, 0.717) is 11.5 Å². The van der Waals surface area contributed by atoms with E-state index in [1.807, 2.05) is 0 Å². The molecule has 1 aliphatic heterocycles. The molecular formula is C10H19N. The van der Waals surface area contributed by atoms with Crippen LogP contribution in [0.15, 0.2) is 12.2 Å². The summed E-state index contributed by atoms with van der Waals surface area (Å²) in [6.45, 7) is 11.4. The molecule has 64 valence electrons. The molecule has 1 aliphatic rings. The summed E-state index contributed by atoms with van der Waals surface area (Å²) in [5.41, 5.74) is 0.392. The molecule has 0 radical (unpaired) electrons. The summed E-state index contributed by atoms with van der Waals surface area (Å²) in [7, 11) is 0. The molecule has 1 nitrogen and oxygen atoms in total. The van der Waals surface area contributed by atoms with Gasteiger partial charge in [-0.25, -0.2) is 0 Å². The van der Waals surface area contributed by atoms with Crippen LogP contribution in [0.3, 0.4) is 0 Å². The van der Waals surface area contributed by atoms with E-state index in [2.05, 4.69) is 44.7 Å². The predicted octanol–water partition coefficient (Wildman–Crippen LogP) is 2.29. The van der Waals surface area contributed by atoms with E-state index >= 15 is 0 Å². The van der Waals surface area contributed by atoms with Crippen molar-refractivity contribution in [3.63, 3.8) is 0 Å². The second-order valence-electron chi connectivity index (χ2n) is 4.33. The Morgan fingerprint density at radius 3 is 2.45 bits per heavy atom. The first-order valence-corrected chi connectivity index (χ1v) is 4.46. The Labute approximate surface area is 70.1 Å². The van der Waals surface area contributed by atoms with Crippen molar-refractivity contribution in [3.8, 4) is 0 Å². The Hall–Kier alpha value is -0.300. The fourth-order valence-corrected chi connectivity index (χ4v) is 1.72. The van der Waals surface area contributed by atoms with E-state index < -0.39 is 0 Å². The third kappa shape index (κ3) is 1.84. The van der Waals surface area contributed by atoms with Crippen molar-refractivity contribution < 1.29 is 0 Å². The van der Waals surface area contributed by atoms with Crippen LogP contribution in [0, 0.1) is 5.41 Å². The zero-order valence-electron chi connectivity index (χ0n) is 8.09. The second-order valence-corrected chi connectivity index (χ2v) is 4.33. The van der Waals surface area contributed by atoms with Gasteiger partial charge in [-0.05, 0) is 12.0 Å². The molecule has 11 heavy (non-hydrogen) atoms. The smallest absolute Gasteiger partial charge is 0.0330 e. The number of hydrogen-bond donors (Lipinski definition) is 0. The highest BCUT2D eigenvalue weighted by molar-refractivity contribution is 5.07. The molecule has 0 amide bonds. The summed E-state index contributed by atoms with van der Waals surface area (Å²) in [5, 5.41) is 0. The van der Waals surface area contributed by atoms with Gasteiger partial charge in [0.15, 0.2) is 0 Å². The van der Waals surface area contributed by atoms with E-state index in [1.165, 1.54) is 0 Å². The van der Waals surface area contributed by atoms with Crippen LogP contribution in [-0.2, 0) is 0 Å². The SMILES string of the molecule is CCN1CC=CC1C(C)(C)C. The van der Waals surface area contributed by atoms with Crippen LogP contribution in [0.1, 0.15) is 27.7 Å². The molecule has 0 saturated carbocycles. The molecular weight excluding hydrogens is 134 g/mol. The average molecular weight is 153 g/mol. The predicted molar refractivity (Wildman–Crippen MR) is 49.6 cm³/mol. The number of likely N-dealkylation sites (N-methyl/N-ethyl adjacent to an activating group) is 1. The van der Waals surface area contributed by atoms with Gasteiger partial charge >= 0.3 is 0 Å². The van der Waals surface area contributed by atoms with E-state index in [-0.39, 0.29) is 0 Å². The van der Waals surface area contributed by atoms with Gasteiger partial charge in [0.25, 0.3) is 0 Å². The number of rotatable bonds is 1. The van der Waals surface area contributed by atoms with E-state index in [1.54, 1.807) is 0 Å². The Morgan fingerprint density at radius 1 is 1.45 bits per heavy atom. The van der Waals surface area contributed by atoms with Crippen molar-refractivity contribution in [1.82, 2.24) is 4.90 Å². The molecule has 0 aromatic heterocycles. The van der Waals surface area contributed by atoms with Crippen LogP contribution in [0.25, 0.3) is 0 Å². The van der Waals surface area contributed by atoms with Crippen LogP contribution in [-0.4, -0.2) is 24.0 Å². The van der Waals surface area contributed by atoms with Crippen molar-refractivity contribution in [1.29, 1.82) is 0 Å². The highest BCUT2D eigenvalue weighted by Gasteiger charge is 2.29. The molecule has 0 bridgehead atoms. The first-order valence-electron chi connectivity index (χ1n) is 4.46. The fourth-order valence-electron chi connectivity index (χ4n) is 1.72. The Bertz CT molecular complexity index is 153. The summed E-state index contributed by atoms with van der Waals surface area (Å²) < 4.78 is 0. The zero-order valence-corrected chi connectivity index (χ0v) is 8.09. The van der Waals surface area contributed by atoms with Gasteiger partial charge in [0.05, 0.1) is 0 Å². The van der Waals surface area contributed by atoms with Crippen LogP contribution >= 0.6 is 0 Å². The minimum atomic E-state index is 0.392. The minimum absolute atomic E-state index is 0.392. The number of nitrogens with zero attached hydrogens (tertiary/aromatic N) is 1. The van der Waals surface area contributed by atoms with E-state index in [9.17, 15) is 0 Å². The lowest BCUT2D eigenvalue weighted by molar-refractivity contribution is 0.169. The first-order chi connectivity index (χ1) is 5.05. The monoisotopic (exact) mass is 153 g/mol. The highest BCUT2D eigenvalue weighted by atomic mass is 15.2. The number of hydrogen-bond acceptors (Lipinski definition) is 1. The van der Waals surface area contributed by atoms with E-state index in [0.717, 1.165) is 13.1 Å². The van der Waals surface area contributed by atoms with Gasteiger partial charge in [0.2, 0.25) is 0 Å². The van der Waals surface area contributed by atoms with Crippen LogP contribution < -0.4 is 0 Å². The maximum Gasteiger partial charge on any atom is 0.0330 e. The van der Waals surface area contributed by atoms with Gasteiger partial charge in [-0.15, -0.1) is 0 Å². The Kier molecular flexibility index (Phi) is 2.38. The molecule has 1 unspecified atom stereocenters. The summed E-state index contributed by atoms with van der Waals surface area (Å²) in [6, 6.07) is 0.646. The van der Waals surface area contributed by atoms with Crippen molar-refractivity contribution in [2.24, 2.45) is 5.41 Å². The van der Waals surface area contributed by atoms with Gasteiger partial charge in [-0.3, -0.25) is 4.90 Å². The quantitative estimate of drug-likeness (QED) is 0.522. The normalized spacial score (nSPS) is 26.4. The van der Waals surface area contributed by atoms with Crippen molar-refractivity contribution in [3.05, 3.63) is 12.2 Å². The lowest BCUT2D eigenvalue weighted by atomic mass is 9.87. The van der Waals surface area contributed by atoms with Crippen LogP contribution in [0.5, 0.6) is 0 Å². The molecule has 0 spiro atoms. The van der Waals surface area contributed by atoms with Crippen LogP contribution in [0.2, 0.25) is 0 Å². The lowest BCUT2D eigenvalue weighted by Crippen LogP contribution is -2.39. The largest absolute Gasteiger partial charge is 0.293 e. The summed E-state index contributed by atoms with van der Waals surface area (Å²) >= 11 is 0. The van der Waals surface area contributed by atoms with Gasteiger partial charge in [-0.1, -0.05) is 39.8 Å². The van der Waals surface area contributed by atoms with Crippen molar-refractivity contribution in [2.75, 3.05) is 13.1 Å². The molecule has 1 heteroatoms. The van der Waals surface area contributed by atoms with Crippen molar-refractivity contribution >= 4 is 0 Å². The maximum atomic E-state index is 2.50. The van der Waals surface area contributed by atoms with E-state index in [4.69, 9.17) is 0 Å². The van der Waals surface area contributed by atoms with Gasteiger partial charge < -0.3 is 0 Å². The molecule has 1 rings (SSSR count). The first kappa shape index (κ1) is 8.79. The molecule has 1 atom stereocenters. The van der Waals surface area contributed by atoms with Crippen LogP contribution in [0.4, 0.5) is 0 Å². The highest BCUT2D eigenvalue weighted by Crippen LogP contribution is 2.27. The topological polar surface area (TPSA) is 3.24 Å². The summed E-state index contributed by atoms with van der Waals surface area (Å²) in [4.78, 5) is 2.50. The molecule has 1 heterocycles. The molecule has 0 aromatic carbocycles. The molecule has 0 saturated heterocycles. The zero-order chi connectivity index (χ0) is 8.48. The standard InChI is InChI=1S/C10H19N/c1-5-11-8-6-7-9(11)10(2,3)4/h6-7,9H,5,8H2,1-4H3. The maximum absolute atomic E-state index is 2.50. The minimum Gasteiger partial charge on any atom is -0.293 e.